The number of rotatable bonds is 5. The second-order valence-electron chi connectivity index (χ2n) is 6.37. The van der Waals surface area contributed by atoms with Crippen LogP contribution < -0.4 is 5.32 Å². The summed E-state index contributed by atoms with van der Waals surface area (Å²) in [5, 5.41) is 11.1. The van der Waals surface area contributed by atoms with E-state index >= 15 is 0 Å². The summed E-state index contributed by atoms with van der Waals surface area (Å²) >= 11 is 0. The van der Waals surface area contributed by atoms with E-state index in [1.54, 1.807) is 6.07 Å². The van der Waals surface area contributed by atoms with Gasteiger partial charge in [-0.15, -0.1) is 10.2 Å². The van der Waals surface area contributed by atoms with Crippen LogP contribution in [0, 0.1) is 0 Å². The average molecular weight is 325 g/mol. The number of nitrogens with zero attached hydrogens (tertiary/aromatic N) is 2. The van der Waals surface area contributed by atoms with Crippen LogP contribution in [0.2, 0.25) is 0 Å². The zero-order chi connectivity index (χ0) is 16.7. The Morgan fingerprint density at radius 2 is 1.87 bits per heavy atom. The summed E-state index contributed by atoms with van der Waals surface area (Å²) in [5.74, 6) is 1.48. The quantitative estimate of drug-likeness (QED) is 0.903. The maximum absolute atomic E-state index is 12.8. The van der Waals surface area contributed by atoms with Crippen LogP contribution in [0.25, 0.3) is 0 Å². The van der Waals surface area contributed by atoms with Crippen molar-refractivity contribution in [1.29, 1.82) is 0 Å². The zero-order valence-corrected chi connectivity index (χ0v) is 12.9. The number of hydrogen-bond donors (Lipinski definition) is 1. The Morgan fingerprint density at radius 1 is 1.17 bits per heavy atom. The highest BCUT2D eigenvalue weighted by Gasteiger charge is 2.32. The van der Waals surface area contributed by atoms with Gasteiger partial charge < -0.3 is 4.42 Å². The molecule has 0 atom stereocenters. The minimum atomic E-state index is -4.35. The van der Waals surface area contributed by atoms with Gasteiger partial charge in [-0.05, 0) is 44.4 Å². The number of benzene rings is 1. The van der Waals surface area contributed by atoms with E-state index in [2.05, 4.69) is 15.5 Å². The van der Waals surface area contributed by atoms with E-state index in [0.717, 1.165) is 25.0 Å². The molecule has 0 aliphatic heterocycles. The smallest absolute Gasteiger partial charge is 0.416 e. The number of aromatic nitrogens is 2. The molecule has 0 radical (unpaired) electrons. The molecule has 0 bridgehead atoms. The van der Waals surface area contributed by atoms with Crippen molar-refractivity contribution in [2.75, 3.05) is 0 Å². The minimum absolute atomic E-state index is 0.308. The van der Waals surface area contributed by atoms with Crippen molar-refractivity contribution >= 4 is 0 Å². The number of nitrogens with one attached hydrogen (secondary N) is 1. The molecule has 7 heteroatoms. The molecule has 1 heterocycles. The fourth-order valence-corrected chi connectivity index (χ4v) is 2.32. The van der Waals surface area contributed by atoms with Gasteiger partial charge in [-0.25, -0.2) is 0 Å². The molecule has 23 heavy (non-hydrogen) atoms. The monoisotopic (exact) mass is 325 g/mol. The highest BCUT2D eigenvalue weighted by Crippen LogP contribution is 2.39. The molecule has 1 aromatic carbocycles. The summed E-state index contributed by atoms with van der Waals surface area (Å²) in [7, 11) is 0. The maximum atomic E-state index is 12.8. The molecule has 0 saturated heterocycles. The number of alkyl halides is 3. The molecule has 4 nitrogen and oxygen atoms in total. The first-order valence-electron chi connectivity index (χ1n) is 7.51. The van der Waals surface area contributed by atoms with Crippen LogP contribution in [0.15, 0.2) is 28.7 Å². The van der Waals surface area contributed by atoms with Crippen LogP contribution in [0.5, 0.6) is 0 Å². The van der Waals surface area contributed by atoms with Gasteiger partial charge in [-0.1, -0.05) is 12.1 Å². The maximum Gasteiger partial charge on any atom is 0.416 e. The zero-order valence-electron chi connectivity index (χ0n) is 12.9. The Morgan fingerprint density at radius 3 is 2.52 bits per heavy atom. The second kappa shape index (κ2) is 5.63. The molecule has 124 valence electrons. The van der Waals surface area contributed by atoms with Gasteiger partial charge in [-0.2, -0.15) is 13.2 Å². The third-order valence-electron chi connectivity index (χ3n) is 4.00. The van der Waals surface area contributed by atoms with E-state index in [-0.39, 0.29) is 0 Å². The summed E-state index contributed by atoms with van der Waals surface area (Å²) in [6.45, 7) is 3.95. The molecule has 1 N–H and O–H groups in total. The first kappa shape index (κ1) is 16.0. The average Bonchev–Trinajstić information content (AvgIpc) is 3.23. The highest BCUT2D eigenvalue weighted by atomic mass is 19.4. The van der Waals surface area contributed by atoms with E-state index in [9.17, 15) is 13.2 Å². The van der Waals surface area contributed by atoms with Crippen LogP contribution in [-0.2, 0) is 18.3 Å². The lowest BCUT2D eigenvalue weighted by Crippen LogP contribution is -2.36. The van der Waals surface area contributed by atoms with Crippen molar-refractivity contribution in [3.05, 3.63) is 47.2 Å². The van der Waals surface area contributed by atoms with Crippen molar-refractivity contribution in [2.45, 2.75) is 50.9 Å². The molecule has 1 fully saturated rings. The van der Waals surface area contributed by atoms with Gasteiger partial charge in [0.25, 0.3) is 0 Å². The molecule has 1 saturated carbocycles. The van der Waals surface area contributed by atoms with Gasteiger partial charge in [0.1, 0.15) is 0 Å². The fraction of sp³-hybridized carbons (Fsp3) is 0.500. The SMILES string of the molecule is CC(C)(NCc1nnc(C2CC2)o1)c1cccc(C(F)(F)F)c1. The van der Waals surface area contributed by atoms with Gasteiger partial charge in [0.2, 0.25) is 11.8 Å². The summed E-state index contributed by atoms with van der Waals surface area (Å²) in [4.78, 5) is 0. The number of hydrogen-bond acceptors (Lipinski definition) is 4. The van der Waals surface area contributed by atoms with Gasteiger partial charge >= 0.3 is 6.18 Å². The molecule has 1 aliphatic rings. The summed E-state index contributed by atoms with van der Waals surface area (Å²) < 4.78 is 44.1. The standard InChI is InChI=1S/C16H18F3N3O/c1-15(2,11-4-3-5-12(8-11)16(17,18)19)20-9-13-21-22-14(23-13)10-6-7-10/h3-5,8,10,20H,6-7,9H2,1-2H3. The molecule has 3 rings (SSSR count). The lowest BCUT2D eigenvalue weighted by molar-refractivity contribution is -0.137. The van der Waals surface area contributed by atoms with E-state index in [0.29, 0.717) is 29.8 Å². The largest absolute Gasteiger partial charge is 0.424 e. The third-order valence-corrected chi connectivity index (χ3v) is 4.00. The molecular weight excluding hydrogens is 307 g/mol. The molecular formula is C16H18F3N3O. The van der Waals surface area contributed by atoms with Gasteiger partial charge in [0.05, 0.1) is 12.1 Å². The van der Waals surface area contributed by atoms with Crippen molar-refractivity contribution < 1.29 is 17.6 Å². The van der Waals surface area contributed by atoms with Crippen LogP contribution in [-0.4, -0.2) is 10.2 Å². The van der Waals surface area contributed by atoms with E-state index in [1.807, 2.05) is 13.8 Å². The second-order valence-corrected chi connectivity index (χ2v) is 6.37. The molecule has 0 unspecified atom stereocenters. The highest BCUT2D eigenvalue weighted by molar-refractivity contribution is 5.30. The van der Waals surface area contributed by atoms with Crippen molar-refractivity contribution in [1.82, 2.24) is 15.5 Å². The molecule has 2 aromatic rings. The van der Waals surface area contributed by atoms with Crippen LogP contribution in [0.1, 0.15) is 55.5 Å². The van der Waals surface area contributed by atoms with Crippen molar-refractivity contribution in [3.8, 4) is 0 Å². The van der Waals surface area contributed by atoms with Crippen LogP contribution in [0.4, 0.5) is 13.2 Å². The Bertz CT molecular complexity index is 690. The van der Waals surface area contributed by atoms with Gasteiger partial charge in [0, 0.05) is 11.5 Å². The number of halogens is 3. The van der Waals surface area contributed by atoms with Gasteiger partial charge in [-0.3, -0.25) is 5.32 Å². The lowest BCUT2D eigenvalue weighted by atomic mass is 9.92. The predicted molar refractivity (Wildman–Crippen MR) is 77.6 cm³/mol. The first-order chi connectivity index (χ1) is 10.8. The summed E-state index contributed by atoms with van der Waals surface area (Å²) in [6.07, 6.45) is -2.20. The topological polar surface area (TPSA) is 51.0 Å². The van der Waals surface area contributed by atoms with Crippen LogP contribution >= 0.6 is 0 Å². The van der Waals surface area contributed by atoms with Crippen LogP contribution in [0.3, 0.4) is 0 Å². The Kier molecular flexibility index (Phi) is 3.91. The predicted octanol–water partition coefficient (Wildman–Crippen LogP) is 3.99. The Balaban J connectivity index is 1.70. The summed E-state index contributed by atoms with van der Waals surface area (Å²) in [6, 6.07) is 5.32. The molecule has 1 aliphatic carbocycles. The fourth-order valence-electron chi connectivity index (χ4n) is 2.32. The van der Waals surface area contributed by atoms with Crippen molar-refractivity contribution in [3.63, 3.8) is 0 Å². The Labute approximate surface area is 132 Å². The molecule has 0 amide bonds. The Hall–Kier alpha value is -1.89. The van der Waals surface area contributed by atoms with E-state index in [1.165, 1.54) is 6.07 Å². The molecule has 0 spiro atoms. The lowest BCUT2D eigenvalue weighted by Gasteiger charge is -2.27. The third kappa shape index (κ3) is 3.72. The van der Waals surface area contributed by atoms with E-state index < -0.39 is 17.3 Å². The minimum Gasteiger partial charge on any atom is -0.424 e. The van der Waals surface area contributed by atoms with E-state index in [4.69, 9.17) is 4.42 Å². The van der Waals surface area contributed by atoms with Crippen molar-refractivity contribution in [2.24, 2.45) is 0 Å². The van der Waals surface area contributed by atoms with Gasteiger partial charge in [0.15, 0.2) is 0 Å². The molecule has 1 aromatic heterocycles. The first-order valence-corrected chi connectivity index (χ1v) is 7.51. The summed E-state index contributed by atoms with van der Waals surface area (Å²) in [5.41, 5.74) is -0.761. The normalized spacial score (nSPS) is 15.9.